The lowest BCUT2D eigenvalue weighted by Crippen LogP contribution is -2.23. The predicted octanol–water partition coefficient (Wildman–Crippen LogP) is 0.668. The molecule has 0 aromatic heterocycles. The van der Waals surface area contributed by atoms with Crippen molar-refractivity contribution in [2.75, 3.05) is 7.05 Å². The number of rotatable bonds is 2. The minimum atomic E-state index is 0.549. The van der Waals surface area contributed by atoms with Gasteiger partial charge < -0.3 is 11.2 Å². The molecule has 0 aromatic carbocycles. The normalized spacial score (nSPS) is 21.5. The van der Waals surface area contributed by atoms with E-state index in [9.17, 15) is 0 Å². The first-order chi connectivity index (χ1) is 4.84. The lowest BCUT2D eigenvalue weighted by molar-refractivity contribution is 0.706. The number of amidine groups is 1. The molecule has 1 aliphatic carbocycles. The van der Waals surface area contributed by atoms with Gasteiger partial charge in [0.05, 0.1) is 0 Å². The summed E-state index contributed by atoms with van der Waals surface area (Å²) < 4.78 is 0. The molecule has 1 aliphatic rings. The van der Waals surface area contributed by atoms with Gasteiger partial charge in [-0.3, -0.25) is 0 Å². The van der Waals surface area contributed by atoms with E-state index in [2.05, 4.69) is 10.5 Å². The first-order valence-corrected chi connectivity index (χ1v) is 3.84. The van der Waals surface area contributed by atoms with Gasteiger partial charge in [-0.05, 0) is 12.8 Å². The Kier molecular flexibility index (Phi) is 2.54. The smallest absolute Gasteiger partial charge is 0.122 e. The lowest BCUT2D eigenvalue weighted by Gasteiger charge is -2.06. The Hall–Kier alpha value is -0.730. The van der Waals surface area contributed by atoms with E-state index in [0.29, 0.717) is 5.92 Å². The molecule has 0 aromatic rings. The van der Waals surface area contributed by atoms with Crippen LogP contribution >= 0.6 is 0 Å². The molecule has 3 N–H and O–H groups in total. The molecule has 3 nitrogen and oxygen atoms in total. The Morgan fingerprint density at radius 3 is 2.60 bits per heavy atom. The van der Waals surface area contributed by atoms with Crippen LogP contribution in [-0.2, 0) is 0 Å². The molecule has 0 amide bonds. The summed E-state index contributed by atoms with van der Waals surface area (Å²) in [7, 11) is 1.78. The molecule has 0 radical (unpaired) electrons. The molecular weight excluding hydrogens is 126 g/mol. The van der Waals surface area contributed by atoms with Crippen LogP contribution in [0.2, 0.25) is 0 Å². The molecule has 10 heavy (non-hydrogen) atoms. The summed E-state index contributed by atoms with van der Waals surface area (Å²) in [5, 5.41) is 3.95. The van der Waals surface area contributed by atoms with Crippen LogP contribution in [0.4, 0.5) is 0 Å². The summed E-state index contributed by atoms with van der Waals surface area (Å²) in [6, 6.07) is 0. The number of nitrogens with one attached hydrogen (secondary N) is 1. The van der Waals surface area contributed by atoms with E-state index in [1.807, 2.05) is 0 Å². The first-order valence-electron chi connectivity index (χ1n) is 3.84. The molecule has 1 rings (SSSR count). The van der Waals surface area contributed by atoms with Gasteiger partial charge in [0.15, 0.2) is 0 Å². The summed E-state index contributed by atoms with van der Waals surface area (Å²) in [6.07, 6.45) is 5.06. The van der Waals surface area contributed by atoms with Gasteiger partial charge >= 0.3 is 0 Å². The third kappa shape index (κ3) is 1.62. The fraction of sp³-hybridized carbons (Fsp3) is 0.857. The minimum Gasteiger partial charge on any atom is -0.385 e. The molecule has 1 saturated carbocycles. The zero-order valence-corrected chi connectivity index (χ0v) is 6.43. The fourth-order valence-electron chi connectivity index (χ4n) is 1.44. The van der Waals surface area contributed by atoms with Crippen molar-refractivity contribution in [2.24, 2.45) is 16.8 Å². The summed E-state index contributed by atoms with van der Waals surface area (Å²) in [5.41, 5.74) is 8.38. The van der Waals surface area contributed by atoms with Crippen LogP contribution < -0.4 is 11.2 Å². The summed E-state index contributed by atoms with van der Waals surface area (Å²) in [4.78, 5) is 0. The molecule has 1 fully saturated rings. The van der Waals surface area contributed by atoms with Crippen molar-refractivity contribution in [3.05, 3.63) is 0 Å². The van der Waals surface area contributed by atoms with Crippen LogP contribution in [0.25, 0.3) is 0 Å². The van der Waals surface area contributed by atoms with Gasteiger partial charge in [0.25, 0.3) is 0 Å². The number of hydrogen-bond acceptors (Lipinski definition) is 2. The molecule has 0 bridgehead atoms. The average molecular weight is 141 g/mol. The average Bonchev–Trinajstić information content (AvgIpc) is 2.38. The Balaban J connectivity index is 2.39. The molecule has 0 aliphatic heterocycles. The van der Waals surface area contributed by atoms with E-state index in [4.69, 9.17) is 5.73 Å². The van der Waals surface area contributed by atoms with Crippen molar-refractivity contribution in [3.8, 4) is 0 Å². The highest BCUT2D eigenvalue weighted by Crippen LogP contribution is 2.24. The highest BCUT2D eigenvalue weighted by atomic mass is 15.3. The molecule has 3 heteroatoms. The number of hydrazone groups is 1. The minimum absolute atomic E-state index is 0.549. The maximum absolute atomic E-state index is 5.68. The van der Waals surface area contributed by atoms with E-state index in [0.717, 1.165) is 5.84 Å². The second-order valence-corrected chi connectivity index (χ2v) is 2.74. The number of nitrogens with zero attached hydrogens (tertiary/aromatic N) is 1. The Morgan fingerprint density at radius 2 is 2.10 bits per heavy atom. The number of hydrogen-bond donors (Lipinski definition) is 2. The fourth-order valence-corrected chi connectivity index (χ4v) is 1.44. The second kappa shape index (κ2) is 3.44. The maximum Gasteiger partial charge on any atom is 0.122 e. The van der Waals surface area contributed by atoms with Crippen LogP contribution in [0.3, 0.4) is 0 Å². The summed E-state index contributed by atoms with van der Waals surface area (Å²) >= 11 is 0. The van der Waals surface area contributed by atoms with E-state index >= 15 is 0 Å². The predicted molar refractivity (Wildman–Crippen MR) is 42.6 cm³/mol. The van der Waals surface area contributed by atoms with Crippen molar-refractivity contribution in [2.45, 2.75) is 25.7 Å². The molecule has 0 unspecified atom stereocenters. The zero-order chi connectivity index (χ0) is 7.40. The van der Waals surface area contributed by atoms with Crippen LogP contribution in [0.15, 0.2) is 5.10 Å². The van der Waals surface area contributed by atoms with Crippen molar-refractivity contribution >= 4 is 5.84 Å². The molecular formula is C7H15N3. The highest BCUT2D eigenvalue weighted by molar-refractivity contribution is 5.82. The van der Waals surface area contributed by atoms with E-state index in [1.165, 1.54) is 25.7 Å². The van der Waals surface area contributed by atoms with E-state index in [-0.39, 0.29) is 0 Å². The monoisotopic (exact) mass is 141 g/mol. The highest BCUT2D eigenvalue weighted by Gasteiger charge is 2.18. The van der Waals surface area contributed by atoms with Gasteiger partial charge in [0, 0.05) is 13.0 Å². The SMILES string of the molecule is CN/N=C(\N)C1CCCC1. The van der Waals surface area contributed by atoms with Crippen molar-refractivity contribution < 1.29 is 0 Å². The zero-order valence-electron chi connectivity index (χ0n) is 6.43. The summed E-state index contributed by atoms with van der Waals surface area (Å²) in [6.45, 7) is 0. The first kappa shape index (κ1) is 7.38. The number of nitrogens with two attached hydrogens (primary N) is 1. The van der Waals surface area contributed by atoms with Crippen LogP contribution in [0.1, 0.15) is 25.7 Å². The Morgan fingerprint density at radius 1 is 1.50 bits per heavy atom. The molecule has 58 valence electrons. The molecule has 0 atom stereocenters. The van der Waals surface area contributed by atoms with Crippen LogP contribution in [0.5, 0.6) is 0 Å². The van der Waals surface area contributed by atoms with Gasteiger partial charge in [0.2, 0.25) is 0 Å². The third-order valence-electron chi connectivity index (χ3n) is 2.01. The topological polar surface area (TPSA) is 50.4 Å². The van der Waals surface area contributed by atoms with Crippen LogP contribution in [0, 0.1) is 5.92 Å². The van der Waals surface area contributed by atoms with Gasteiger partial charge in [-0.1, -0.05) is 12.8 Å². The largest absolute Gasteiger partial charge is 0.385 e. The summed E-state index contributed by atoms with van der Waals surface area (Å²) in [5.74, 6) is 1.33. The van der Waals surface area contributed by atoms with Gasteiger partial charge in [-0.15, -0.1) is 0 Å². The van der Waals surface area contributed by atoms with Gasteiger partial charge in [-0.2, -0.15) is 5.10 Å². The lowest BCUT2D eigenvalue weighted by atomic mass is 10.1. The quantitative estimate of drug-likeness (QED) is 0.337. The molecule has 0 saturated heterocycles. The molecule has 0 spiro atoms. The van der Waals surface area contributed by atoms with Crippen LogP contribution in [-0.4, -0.2) is 12.9 Å². The van der Waals surface area contributed by atoms with Gasteiger partial charge in [-0.25, -0.2) is 0 Å². The maximum atomic E-state index is 5.68. The molecule has 0 heterocycles. The Bertz CT molecular complexity index is 125. The van der Waals surface area contributed by atoms with E-state index < -0.39 is 0 Å². The van der Waals surface area contributed by atoms with E-state index in [1.54, 1.807) is 7.05 Å². The van der Waals surface area contributed by atoms with Crippen molar-refractivity contribution in [1.29, 1.82) is 0 Å². The third-order valence-corrected chi connectivity index (χ3v) is 2.01. The van der Waals surface area contributed by atoms with Crippen molar-refractivity contribution in [1.82, 2.24) is 5.43 Å². The second-order valence-electron chi connectivity index (χ2n) is 2.74. The van der Waals surface area contributed by atoms with Gasteiger partial charge in [0.1, 0.15) is 5.84 Å². The Labute approximate surface area is 61.7 Å². The van der Waals surface area contributed by atoms with Crippen molar-refractivity contribution in [3.63, 3.8) is 0 Å². The standard InChI is InChI=1S/C7H15N3/c1-9-10-7(8)6-4-2-3-5-6/h6,9H,2-5H2,1H3,(H2,8,10).